The molecule has 0 amide bonds. The Balaban J connectivity index is 1.88. The van der Waals surface area contributed by atoms with Crippen molar-refractivity contribution in [3.63, 3.8) is 0 Å². The van der Waals surface area contributed by atoms with Gasteiger partial charge in [0.05, 0.1) is 11.8 Å². The molecule has 1 aliphatic heterocycles. The molecule has 14 heavy (non-hydrogen) atoms. The van der Waals surface area contributed by atoms with E-state index in [-0.39, 0.29) is 6.10 Å². The van der Waals surface area contributed by atoms with Crippen molar-refractivity contribution in [1.29, 1.82) is 0 Å². The standard InChI is InChI=1S/C10H14N2O2/c11-9-4-1-5-12-10(9)14-7-8-3-2-6-13-8/h1,4-5,8H,2-3,6-7,11H2/t8-/m0/s1. The van der Waals surface area contributed by atoms with E-state index in [1.165, 1.54) is 0 Å². The van der Waals surface area contributed by atoms with Crippen molar-refractivity contribution in [2.45, 2.75) is 18.9 Å². The maximum Gasteiger partial charge on any atom is 0.237 e. The molecule has 0 unspecified atom stereocenters. The number of anilines is 1. The lowest BCUT2D eigenvalue weighted by Gasteiger charge is -2.11. The van der Waals surface area contributed by atoms with Crippen LogP contribution in [0.4, 0.5) is 5.69 Å². The van der Waals surface area contributed by atoms with Crippen LogP contribution in [0.5, 0.6) is 5.88 Å². The molecule has 0 saturated carbocycles. The molecule has 0 spiro atoms. The minimum atomic E-state index is 0.205. The maximum atomic E-state index is 5.68. The van der Waals surface area contributed by atoms with E-state index in [4.69, 9.17) is 15.2 Å². The van der Waals surface area contributed by atoms with Gasteiger partial charge in [0.25, 0.3) is 0 Å². The van der Waals surface area contributed by atoms with Crippen molar-refractivity contribution < 1.29 is 9.47 Å². The van der Waals surface area contributed by atoms with Gasteiger partial charge in [-0.2, -0.15) is 0 Å². The Labute approximate surface area is 83.0 Å². The molecule has 4 nitrogen and oxygen atoms in total. The molecule has 1 aromatic rings. The highest BCUT2D eigenvalue weighted by molar-refractivity contribution is 5.46. The monoisotopic (exact) mass is 194 g/mol. The molecule has 4 heteroatoms. The van der Waals surface area contributed by atoms with E-state index in [9.17, 15) is 0 Å². The average molecular weight is 194 g/mol. The van der Waals surface area contributed by atoms with Crippen molar-refractivity contribution in [2.24, 2.45) is 0 Å². The Morgan fingerprint density at radius 2 is 2.57 bits per heavy atom. The number of rotatable bonds is 3. The third-order valence-corrected chi connectivity index (χ3v) is 2.23. The van der Waals surface area contributed by atoms with Crippen molar-refractivity contribution in [3.05, 3.63) is 18.3 Å². The summed E-state index contributed by atoms with van der Waals surface area (Å²) < 4.78 is 10.9. The molecule has 76 valence electrons. The van der Waals surface area contributed by atoms with E-state index in [0.29, 0.717) is 18.2 Å². The van der Waals surface area contributed by atoms with Crippen LogP contribution in [-0.4, -0.2) is 24.3 Å². The molecule has 1 aromatic heterocycles. The predicted molar refractivity (Wildman–Crippen MR) is 53.1 cm³/mol. The van der Waals surface area contributed by atoms with Crippen molar-refractivity contribution >= 4 is 5.69 Å². The van der Waals surface area contributed by atoms with E-state index in [1.807, 2.05) is 0 Å². The number of nitrogens with zero attached hydrogens (tertiary/aromatic N) is 1. The van der Waals surface area contributed by atoms with E-state index in [0.717, 1.165) is 19.4 Å². The fraction of sp³-hybridized carbons (Fsp3) is 0.500. The lowest BCUT2D eigenvalue weighted by molar-refractivity contribution is 0.0666. The Hall–Kier alpha value is -1.29. The van der Waals surface area contributed by atoms with Gasteiger partial charge < -0.3 is 15.2 Å². The second kappa shape index (κ2) is 4.28. The normalized spacial score (nSPS) is 21.0. The van der Waals surface area contributed by atoms with Crippen LogP contribution < -0.4 is 10.5 Å². The summed E-state index contributed by atoms with van der Waals surface area (Å²) >= 11 is 0. The van der Waals surface area contributed by atoms with Gasteiger partial charge in [-0.3, -0.25) is 0 Å². The zero-order valence-corrected chi connectivity index (χ0v) is 7.98. The summed E-state index contributed by atoms with van der Waals surface area (Å²) in [5.74, 6) is 0.503. The minimum Gasteiger partial charge on any atom is -0.473 e. The van der Waals surface area contributed by atoms with Crippen molar-refractivity contribution in [1.82, 2.24) is 4.98 Å². The van der Waals surface area contributed by atoms with Gasteiger partial charge in [-0.25, -0.2) is 4.98 Å². The summed E-state index contributed by atoms with van der Waals surface area (Å²) in [7, 11) is 0. The van der Waals surface area contributed by atoms with Crippen LogP contribution in [0.1, 0.15) is 12.8 Å². The van der Waals surface area contributed by atoms with Crippen LogP contribution in [0.2, 0.25) is 0 Å². The van der Waals surface area contributed by atoms with Crippen LogP contribution in [0.25, 0.3) is 0 Å². The number of nitrogens with two attached hydrogens (primary N) is 1. The highest BCUT2D eigenvalue weighted by atomic mass is 16.5. The first-order valence-electron chi connectivity index (χ1n) is 4.81. The number of pyridine rings is 1. The summed E-state index contributed by atoms with van der Waals surface area (Å²) in [6, 6.07) is 3.56. The molecule has 2 heterocycles. The Morgan fingerprint density at radius 3 is 3.29 bits per heavy atom. The van der Waals surface area contributed by atoms with E-state index in [1.54, 1.807) is 18.3 Å². The van der Waals surface area contributed by atoms with Crippen LogP contribution in [0.15, 0.2) is 18.3 Å². The number of hydrogen-bond acceptors (Lipinski definition) is 4. The zero-order valence-electron chi connectivity index (χ0n) is 7.98. The summed E-state index contributed by atoms with van der Waals surface area (Å²) in [6.07, 6.45) is 4.05. The van der Waals surface area contributed by atoms with Crippen LogP contribution >= 0.6 is 0 Å². The lowest BCUT2D eigenvalue weighted by Crippen LogP contribution is -2.17. The van der Waals surface area contributed by atoms with Crippen LogP contribution in [-0.2, 0) is 4.74 Å². The van der Waals surface area contributed by atoms with E-state index >= 15 is 0 Å². The molecule has 1 aliphatic rings. The summed E-state index contributed by atoms with van der Waals surface area (Å²) in [5.41, 5.74) is 6.25. The van der Waals surface area contributed by atoms with Gasteiger partial charge >= 0.3 is 0 Å². The molecule has 1 atom stereocenters. The van der Waals surface area contributed by atoms with Gasteiger partial charge in [-0.1, -0.05) is 0 Å². The second-order valence-corrected chi connectivity index (χ2v) is 3.34. The predicted octanol–water partition coefficient (Wildman–Crippen LogP) is 1.22. The number of nitrogen functional groups attached to an aromatic ring is 1. The van der Waals surface area contributed by atoms with Crippen LogP contribution in [0, 0.1) is 0 Å². The third kappa shape index (κ3) is 2.14. The first-order valence-corrected chi connectivity index (χ1v) is 4.81. The number of aromatic nitrogens is 1. The molecule has 1 fully saturated rings. The highest BCUT2D eigenvalue weighted by Gasteiger charge is 2.16. The molecule has 0 aliphatic carbocycles. The molecule has 2 N–H and O–H groups in total. The fourth-order valence-corrected chi connectivity index (χ4v) is 1.47. The smallest absolute Gasteiger partial charge is 0.237 e. The fourth-order valence-electron chi connectivity index (χ4n) is 1.47. The maximum absolute atomic E-state index is 5.68. The Morgan fingerprint density at radius 1 is 1.64 bits per heavy atom. The molecule has 0 aromatic carbocycles. The molecule has 2 rings (SSSR count). The van der Waals surface area contributed by atoms with Gasteiger partial charge in [-0.05, 0) is 25.0 Å². The highest BCUT2D eigenvalue weighted by Crippen LogP contribution is 2.18. The SMILES string of the molecule is Nc1cccnc1OC[C@@H]1CCCO1. The van der Waals surface area contributed by atoms with Gasteiger partial charge in [0, 0.05) is 12.8 Å². The zero-order chi connectivity index (χ0) is 9.80. The molecule has 1 saturated heterocycles. The summed E-state index contributed by atoms with van der Waals surface area (Å²) in [5, 5.41) is 0. The lowest BCUT2D eigenvalue weighted by atomic mass is 10.2. The first kappa shape index (κ1) is 9.27. The van der Waals surface area contributed by atoms with Crippen molar-refractivity contribution in [3.8, 4) is 5.88 Å². The van der Waals surface area contributed by atoms with E-state index in [2.05, 4.69) is 4.98 Å². The molecular weight excluding hydrogens is 180 g/mol. The quantitative estimate of drug-likeness (QED) is 0.786. The number of hydrogen-bond donors (Lipinski definition) is 1. The second-order valence-electron chi connectivity index (χ2n) is 3.34. The summed E-state index contributed by atoms with van der Waals surface area (Å²) in [4.78, 5) is 4.04. The van der Waals surface area contributed by atoms with Gasteiger partial charge in [0.1, 0.15) is 6.61 Å². The van der Waals surface area contributed by atoms with Gasteiger partial charge in [-0.15, -0.1) is 0 Å². The molecule has 0 radical (unpaired) electrons. The minimum absolute atomic E-state index is 0.205. The Bertz CT molecular complexity index is 298. The van der Waals surface area contributed by atoms with Crippen LogP contribution in [0.3, 0.4) is 0 Å². The largest absolute Gasteiger partial charge is 0.473 e. The molecular formula is C10H14N2O2. The third-order valence-electron chi connectivity index (χ3n) is 2.23. The number of ether oxygens (including phenoxy) is 2. The topological polar surface area (TPSA) is 57.4 Å². The van der Waals surface area contributed by atoms with Crippen molar-refractivity contribution in [2.75, 3.05) is 18.9 Å². The Kier molecular flexibility index (Phi) is 2.84. The van der Waals surface area contributed by atoms with E-state index < -0.39 is 0 Å². The molecule has 0 bridgehead atoms. The van der Waals surface area contributed by atoms with Gasteiger partial charge in [0.2, 0.25) is 5.88 Å². The average Bonchev–Trinajstić information content (AvgIpc) is 2.69. The first-order chi connectivity index (χ1) is 6.86. The van der Waals surface area contributed by atoms with Gasteiger partial charge in [0.15, 0.2) is 0 Å². The summed E-state index contributed by atoms with van der Waals surface area (Å²) in [6.45, 7) is 1.38.